The standard InChI is InChI=1S/C31H46O11/c1-19(2)26(34)36-16-25(33)42-31-13-20-8-21(14-31)12-30(11-20,17-31)18-38-27(35)37-15-23-9-22(39-29(6,7)40-23)10-24(32)41-28(3,4)5/h20-23H,1,8-18H2,2-7H3. The molecule has 0 N–H and O–H groups in total. The number of hydrogen-bond donors (Lipinski definition) is 0. The molecule has 5 rings (SSSR count). The van der Waals surface area contributed by atoms with Crippen LogP contribution in [0.1, 0.15) is 92.9 Å². The van der Waals surface area contributed by atoms with Crippen molar-refractivity contribution < 1.29 is 52.3 Å². The van der Waals surface area contributed by atoms with Crippen molar-refractivity contribution in [3.05, 3.63) is 12.2 Å². The number of rotatable bonds is 10. The molecule has 11 nitrogen and oxygen atoms in total. The van der Waals surface area contributed by atoms with Gasteiger partial charge in [0.1, 0.15) is 24.4 Å². The summed E-state index contributed by atoms with van der Waals surface area (Å²) in [4.78, 5) is 49.2. The molecule has 4 saturated carbocycles. The molecule has 0 aromatic carbocycles. The molecule has 0 aromatic rings. The first-order chi connectivity index (χ1) is 19.4. The van der Waals surface area contributed by atoms with Crippen molar-refractivity contribution in [3.63, 3.8) is 0 Å². The molecule has 4 unspecified atom stereocenters. The molecule has 5 aliphatic rings. The smallest absolute Gasteiger partial charge is 0.460 e. The fourth-order valence-electron chi connectivity index (χ4n) is 7.60. The van der Waals surface area contributed by atoms with Gasteiger partial charge in [0.2, 0.25) is 0 Å². The monoisotopic (exact) mass is 594 g/mol. The summed E-state index contributed by atoms with van der Waals surface area (Å²) in [5.74, 6) is -1.79. The Hall–Kier alpha value is -2.66. The summed E-state index contributed by atoms with van der Waals surface area (Å²) in [6, 6.07) is 0. The molecule has 5 fully saturated rings. The molecule has 4 aliphatic carbocycles. The Kier molecular flexibility index (Phi) is 9.33. The molecule has 4 atom stereocenters. The number of ether oxygens (including phenoxy) is 7. The average molecular weight is 595 g/mol. The summed E-state index contributed by atoms with van der Waals surface area (Å²) < 4.78 is 39.2. The summed E-state index contributed by atoms with van der Waals surface area (Å²) in [5, 5.41) is 0. The lowest BCUT2D eigenvalue weighted by atomic mass is 9.48. The third-order valence-corrected chi connectivity index (χ3v) is 8.25. The predicted octanol–water partition coefficient (Wildman–Crippen LogP) is 4.78. The van der Waals surface area contributed by atoms with Crippen LogP contribution in [0, 0.1) is 17.3 Å². The minimum atomic E-state index is -0.962. The van der Waals surface area contributed by atoms with Gasteiger partial charge in [0.15, 0.2) is 12.4 Å². The van der Waals surface area contributed by atoms with Crippen LogP contribution in [0.15, 0.2) is 12.2 Å². The fourth-order valence-corrected chi connectivity index (χ4v) is 7.60. The highest BCUT2D eigenvalue weighted by atomic mass is 16.7. The van der Waals surface area contributed by atoms with E-state index in [9.17, 15) is 19.2 Å². The Balaban J connectivity index is 1.27. The summed E-state index contributed by atoms with van der Waals surface area (Å²) in [6.07, 6.45) is 3.68. The summed E-state index contributed by atoms with van der Waals surface area (Å²) in [7, 11) is 0. The highest BCUT2D eigenvalue weighted by Gasteiger charge is 2.60. The van der Waals surface area contributed by atoms with Gasteiger partial charge in [0.25, 0.3) is 0 Å². The minimum absolute atomic E-state index is 0.0425. The molecular weight excluding hydrogens is 548 g/mol. The van der Waals surface area contributed by atoms with Gasteiger partial charge in [-0.25, -0.2) is 14.4 Å². The van der Waals surface area contributed by atoms with Crippen LogP contribution in [0.4, 0.5) is 4.79 Å². The van der Waals surface area contributed by atoms with Crippen LogP contribution in [-0.2, 0) is 47.5 Å². The van der Waals surface area contributed by atoms with Crippen molar-refractivity contribution in [1.82, 2.24) is 0 Å². The van der Waals surface area contributed by atoms with Gasteiger partial charge in [-0.05, 0) is 91.9 Å². The van der Waals surface area contributed by atoms with E-state index in [-0.39, 0.29) is 36.6 Å². The maximum atomic E-state index is 12.7. The lowest BCUT2D eigenvalue weighted by molar-refractivity contribution is -0.304. The second-order valence-corrected chi connectivity index (χ2v) is 14.2. The van der Waals surface area contributed by atoms with Gasteiger partial charge in [0.05, 0.1) is 18.6 Å². The van der Waals surface area contributed by atoms with Crippen LogP contribution in [0.25, 0.3) is 0 Å². The van der Waals surface area contributed by atoms with Crippen LogP contribution in [-0.4, -0.2) is 73.1 Å². The Labute approximate surface area is 247 Å². The van der Waals surface area contributed by atoms with Gasteiger partial charge < -0.3 is 33.2 Å². The van der Waals surface area contributed by atoms with E-state index < -0.39 is 53.9 Å². The van der Waals surface area contributed by atoms with Crippen molar-refractivity contribution in [1.29, 1.82) is 0 Å². The lowest BCUT2D eigenvalue weighted by Gasteiger charge is -2.60. The van der Waals surface area contributed by atoms with Crippen LogP contribution in [0.3, 0.4) is 0 Å². The number of hydrogen-bond acceptors (Lipinski definition) is 11. The second-order valence-electron chi connectivity index (χ2n) is 14.2. The van der Waals surface area contributed by atoms with Gasteiger partial charge in [-0.3, -0.25) is 4.79 Å². The SMILES string of the molecule is C=C(C)C(=O)OCC(=O)OC12CC3CC(CC(COC(=O)OCC4CC(CC(=O)OC(C)(C)C)OC(C)(C)O4)(C3)C1)C2. The van der Waals surface area contributed by atoms with Crippen LogP contribution in [0.2, 0.25) is 0 Å². The van der Waals surface area contributed by atoms with Gasteiger partial charge in [-0.2, -0.15) is 0 Å². The van der Waals surface area contributed by atoms with E-state index in [1.165, 1.54) is 6.92 Å². The van der Waals surface area contributed by atoms with Crippen molar-refractivity contribution in [2.24, 2.45) is 17.3 Å². The van der Waals surface area contributed by atoms with Crippen LogP contribution < -0.4 is 0 Å². The molecule has 42 heavy (non-hydrogen) atoms. The Morgan fingerprint density at radius 3 is 2.14 bits per heavy atom. The zero-order chi connectivity index (χ0) is 30.9. The Morgan fingerprint density at radius 2 is 1.52 bits per heavy atom. The maximum Gasteiger partial charge on any atom is 0.508 e. The molecule has 0 amide bonds. The van der Waals surface area contributed by atoms with Gasteiger partial charge in [-0.1, -0.05) is 6.58 Å². The van der Waals surface area contributed by atoms with Crippen LogP contribution >= 0.6 is 0 Å². The number of carbonyl (C=O) groups is 4. The molecule has 1 aliphatic heterocycles. The predicted molar refractivity (Wildman–Crippen MR) is 148 cm³/mol. The highest BCUT2D eigenvalue weighted by Crippen LogP contribution is 2.62. The van der Waals surface area contributed by atoms with Crippen LogP contribution in [0.5, 0.6) is 0 Å². The Bertz CT molecular complexity index is 1060. The first-order valence-electron chi connectivity index (χ1n) is 14.9. The second kappa shape index (κ2) is 12.1. The van der Waals surface area contributed by atoms with Crippen molar-refractivity contribution in [2.45, 2.75) is 122 Å². The molecule has 11 heteroatoms. The third kappa shape index (κ3) is 8.69. The Morgan fingerprint density at radius 1 is 0.881 bits per heavy atom. The third-order valence-electron chi connectivity index (χ3n) is 8.25. The van der Waals surface area contributed by atoms with E-state index >= 15 is 0 Å². The van der Waals surface area contributed by atoms with E-state index in [0.717, 1.165) is 32.1 Å². The maximum absolute atomic E-state index is 12.7. The quantitative estimate of drug-likeness (QED) is 0.196. The summed E-state index contributed by atoms with van der Waals surface area (Å²) >= 11 is 0. The highest BCUT2D eigenvalue weighted by molar-refractivity contribution is 5.88. The molecule has 0 aromatic heterocycles. The first-order valence-corrected chi connectivity index (χ1v) is 14.9. The molecule has 4 bridgehead atoms. The number of esters is 3. The van der Waals surface area contributed by atoms with Gasteiger partial charge in [-0.15, -0.1) is 0 Å². The lowest BCUT2D eigenvalue weighted by Crippen LogP contribution is -2.59. The average Bonchev–Trinajstić information content (AvgIpc) is 2.81. The zero-order valence-corrected chi connectivity index (χ0v) is 25.8. The topological polar surface area (TPSA) is 133 Å². The number of carbonyl (C=O) groups excluding carboxylic acids is 4. The molecule has 1 heterocycles. The molecule has 0 radical (unpaired) electrons. The largest absolute Gasteiger partial charge is 0.508 e. The van der Waals surface area contributed by atoms with E-state index in [0.29, 0.717) is 24.7 Å². The first kappa shape index (κ1) is 32.3. The fraction of sp³-hybridized carbons (Fsp3) is 0.806. The zero-order valence-electron chi connectivity index (χ0n) is 25.8. The van der Waals surface area contributed by atoms with Crippen molar-refractivity contribution in [3.8, 4) is 0 Å². The van der Waals surface area contributed by atoms with E-state index in [4.69, 9.17) is 33.2 Å². The van der Waals surface area contributed by atoms with Crippen molar-refractivity contribution >= 4 is 24.1 Å². The van der Waals surface area contributed by atoms with E-state index in [1.54, 1.807) is 13.8 Å². The summed E-state index contributed by atoms with van der Waals surface area (Å²) in [5.41, 5.74) is -1.32. The van der Waals surface area contributed by atoms with Crippen molar-refractivity contribution in [2.75, 3.05) is 19.8 Å². The normalized spacial score (nSPS) is 32.9. The molecular formula is C31H46O11. The molecule has 236 valence electrons. The molecule has 0 spiro atoms. The molecule has 1 saturated heterocycles. The minimum Gasteiger partial charge on any atom is -0.460 e. The van der Waals surface area contributed by atoms with Gasteiger partial charge in [0, 0.05) is 17.4 Å². The van der Waals surface area contributed by atoms with Gasteiger partial charge >= 0.3 is 24.1 Å². The van der Waals surface area contributed by atoms with E-state index in [2.05, 4.69) is 6.58 Å². The van der Waals surface area contributed by atoms with E-state index in [1.807, 2.05) is 20.8 Å². The summed E-state index contributed by atoms with van der Waals surface area (Å²) in [6.45, 7) is 13.6.